The predicted octanol–water partition coefficient (Wildman–Crippen LogP) is 3.29. The van der Waals surface area contributed by atoms with Gasteiger partial charge in [0.2, 0.25) is 5.89 Å². The Morgan fingerprint density at radius 2 is 2.20 bits per heavy atom. The summed E-state index contributed by atoms with van der Waals surface area (Å²) in [6, 6.07) is 6.97. The maximum absolute atomic E-state index is 6.17. The van der Waals surface area contributed by atoms with Gasteiger partial charge in [0.05, 0.1) is 5.25 Å². The summed E-state index contributed by atoms with van der Waals surface area (Å²) < 4.78 is 5.32. The van der Waals surface area contributed by atoms with Crippen molar-refractivity contribution < 1.29 is 4.52 Å². The first-order valence-electron chi connectivity index (χ1n) is 6.28. The third kappa shape index (κ3) is 2.98. The van der Waals surface area contributed by atoms with Crippen LogP contribution in [-0.4, -0.2) is 27.4 Å². The first kappa shape index (κ1) is 14.3. The van der Waals surface area contributed by atoms with Crippen LogP contribution in [0.4, 0.5) is 0 Å². The van der Waals surface area contributed by atoms with Gasteiger partial charge in [-0.2, -0.15) is 16.7 Å². The Morgan fingerprint density at radius 1 is 1.35 bits per heavy atom. The van der Waals surface area contributed by atoms with Gasteiger partial charge in [0.25, 0.3) is 0 Å². The first-order chi connectivity index (χ1) is 9.75. The van der Waals surface area contributed by atoms with Gasteiger partial charge in [-0.25, -0.2) is 0 Å². The maximum Gasteiger partial charge on any atom is 0.248 e. The molecular weight excluding hydrogens is 314 g/mol. The van der Waals surface area contributed by atoms with E-state index in [0.29, 0.717) is 16.2 Å². The molecule has 2 N–H and O–H groups in total. The van der Waals surface area contributed by atoms with Gasteiger partial charge >= 0.3 is 0 Å². The van der Waals surface area contributed by atoms with Gasteiger partial charge in [-0.15, -0.1) is 11.8 Å². The second-order valence-corrected chi connectivity index (χ2v) is 7.29. The van der Waals surface area contributed by atoms with Gasteiger partial charge in [-0.05, 0) is 11.6 Å². The Balaban J connectivity index is 1.81. The van der Waals surface area contributed by atoms with Crippen LogP contribution in [0.15, 0.2) is 28.8 Å². The van der Waals surface area contributed by atoms with E-state index in [-0.39, 0.29) is 0 Å². The molecule has 1 saturated heterocycles. The highest BCUT2D eigenvalue weighted by molar-refractivity contribution is 8.06. The second-order valence-electron chi connectivity index (χ2n) is 4.42. The summed E-state index contributed by atoms with van der Waals surface area (Å²) in [4.78, 5) is 4.46. The summed E-state index contributed by atoms with van der Waals surface area (Å²) in [6.07, 6.45) is 0. The lowest BCUT2D eigenvalue weighted by molar-refractivity contribution is 0.362. The maximum atomic E-state index is 6.17. The van der Waals surface area contributed by atoms with E-state index >= 15 is 0 Å². The van der Waals surface area contributed by atoms with E-state index in [1.807, 2.05) is 47.8 Å². The lowest BCUT2D eigenvalue weighted by atomic mass is 10.1. The number of nitrogens with zero attached hydrogens (tertiary/aromatic N) is 2. The highest BCUT2D eigenvalue weighted by atomic mass is 35.5. The fourth-order valence-corrected chi connectivity index (χ4v) is 4.84. The molecule has 1 unspecified atom stereocenters. The zero-order chi connectivity index (χ0) is 13.9. The van der Waals surface area contributed by atoms with Crippen molar-refractivity contribution in [2.45, 2.75) is 11.3 Å². The molecule has 20 heavy (non-hydrogen) atoms. The largest absolute Gasteiger partial charge is 0.337 e. The summed E-state index contributed by atoms with van der Waals surface area (Å²) in [7, 11) is 0. The number of thioether (sulfide) groups is 2. The van der Waals surface area contributed by atoms with Crippen LogP contribution >= 0.6 is 35.1 Å². The Labute approximate surface area is 130 Å². The summed E-state index contributed by atoms with van der Waals surface area (Å²) >= 11 is 9.93. The van der Waals surface area contributed by atoms with Gasteiger partial charge in [0, 0.05) is 22.3 Å². The summed E-state index contributed by atoms with van der Waals surface area (Å²) in [5.41, 5.74) is 6.97. The molecule has 106 valence electrons. The normalized spacial score (nSPS) is 20.8. The summed E-state index contributed by atoms with van der Waals surface area (Å²) in [5, 5.41) is 4.98. The lowest BCUT2D eigenvalue weighted by Gasteiger charge is -2.17. The van der Waals surface area contributed by atoms with Crippen LogP contribution in [0, 0.1) is 0 Å². The van der Waals surface area contributed by atoms with Crippen molar-refractivity contribution in [3.8, 4) is 0 Å². The number of benzene rings is 1. The van der Waals surface area contributed by atoms with Gasteiger partial charge < -0.3 is 10.3 Å². The van der Waals surface area contributed by atoms with Crippen molar-refractivity contribution >= 4 is 35.1 Å². The fourth-order valence-electron chi connectivity index (χ4n) is 2.00. The van der Waals surface area contributed by atoms with Crippen LogP contribution in [0.3, 0.4) is 0 Å². The van der Waals surface area contributed by atoms with Gasteiger partial charge in [0.1, 0.15) is 6.04 Å². The van der Waals surface area contributed by atoms with Crippen LogP contribution in [-0.2, 0) is 0 Å². The third-order valence-electron chi connectivity index (χ3n) is 3.07. The van der Waals surface area contributed by atoms with E-state index in [2.05, 4.69) is 10.1 Å². The van der Waals surface area contributed by atoms with Crippen LogP contribution in [0.2, 0.25) is 5.02 Å². The Kier molecular flexibility index (Phi) is 4.55. The molecule has 1 aliphatic rings. The molecule has 7 heteroatoms. The standard InChI is InChI=1S/C13H14ClN3OS2/c14-9-4-2-1-3-8(9)11(15)13-16-12(17-18-13)10-7-19-5-6-20-10/h1-4,10-11H,5-7,15H2/t10?,11-/m1/s1. The van der Waals surface area contributed by atoms with Crippen LogP contribution in [0.1, 0.15) is 28.6 Å². The molecule has 1 fully saturated rings. The van der Waals surface area contributed by atoms with Crippen molar-refractivity contribution in [1.82, 2.24) is 10.1 Å². The minimum atomic E-state index is -0.480. The second kappa shape index (κ2) is 6.39. The van der Waals surface area contributed by atoms with E-state index in [0.717, 1.165) is 22.9 Å². The van der Waals surface area contributed by atoms with E-state index in [4.69, 9.17) is 21.9 Å². The zero-order valence-corrected chi connectivity index (χ0v) is 13.0. The van der Waals surface area contributed by atoms with E-state index in [1.165, 1.54) is 5.75 Å². The van der Waals surface area contributed by atoms with Gasteiger partial charge in [0.15, 0.2) is 5.82 Å². The summed E-state index contributed by atoms with van der Waals surface area (Å²) in [6.45, 7) is 0. The molecule has 3 rings (SSSR count). The number of hydrogen-bond acceptors (Lipinski definition) is 6. The molecule has 0 amide bonds. The molecule has 1 aromatic carbocycles. The number of hydrogen-bond donors (Lipinski definition) is 1. The fraction of sp³-hybridized carbons (Fsp3) is 0.385. The Hall–Kier alpha value is -0.690. The van der Waals surface area contributed by atoms with Gasteiger partial charge in [-0.1, -0.05) is 35.0 Å². The smallest absolute Gasteiger partial charge is 0.248 e. The third-order valence-corrected chi connectivity index (χ3v) is 6.16. The zero-order valence-electron chi connectivity index (χ0n) is 10.7. The predicted molar refractivity (Wildman–Crippen MR) is 84.3 cm³/mol. The molecule has 2 heterocycles. The van der Waals surface area contributed by atoms with E-state index in [9.17, 15) is 0 Å². The molecule has 0 saturated carbocycles. The molecule has 2 aromatic rings. The average molecular weight is 328 g/mol. The quantitative estimate of drug-likeness (QED) is 0.933. The number of aromatic nitrogens is 2. The Morgan fingerprint density at radius 3 is 2.95 bits per heavy atom. The van der Waals surface area contributed by atoms with E-state index in [1.54, 1.807) is 0 Å². The summed E-state index contributed by atoms with van der Waals surface area (Å²) in [5.74, 6) is 4.48. The van der Waals surface area contributed by atoms with Crippen molar-refractivity contribution in [3.05, 3.63) is 46.6 Å². The topological polar surface area (TPSA) is 64.9 Å². The monoisotopic (exact) mass is 327 g/mol. The van der Waals surface area contributed by atoms with Crippen LogP contribution in [0.5, 0.6) is 0 Å². The van der Waals surface area contributed by atoms with Crippen molar-refractivity contribution in [3.63, 3.8) is 0 Å². The van der Waals surface area contributed by atoms with Crippen molar-refractivity contribution in [2.75, 3.05) is 17.3 Å². The molecular formula is C13H14ClN3OS2. The van der Waals surface area contributed by atoms with Crippen molar-refractivity contribution in [2.24, 2.45) is 5.73 Å². The van der Waals surface area contributed by atoms with E-state index < -0.39 is 6.04 Å². The van der Waals surface area contributed by atoms with Crippen LogP contribution < -0.4 is 5.73 Å². The minimum Gasteiger partial charge on any atom is -0.337 e. The highest BCUT2D eigenvalue weighted by Crippen LogP contribution is 2.36. The molecule has 1 aromatic heterocycles. The van der Waals surface area contributed by atoms with Crippen molar-refractivity contribution in [1.29, 1.82) is 0 Å². The lowest BCUT2D eigenvalue weighted by Crippen LogP contribution is -2.13. The molecule has 0 radical (unpaired) electrons. The molecule has 0 bridgehead atoms. The molecule has 0 aliphatic carbocycles. The SMILES string of the molecule is N[C@@H](c1nc(C2CSCCS2)no1)c1ccccc1Cl. The Bertz CT molecular complexity index is 587. The minimum absolute atomic E-state index is 0.296. The highest BCUT2D eigenvalue weighted by Gasteiger charge is 2.25. The average Bonchev–Trinajstić information content (AvgIpc) is 2.98. The molecule has 1 aliphatic heterocycles. The van der Waals surface area contributed by atoms with Crippen LogP contribution in [0.25, 0.3) is 0 Å². The molecule has 2 atom stereocenters. The number of halogens is 1. The number of rotatable bonds is 3. The first-order valence-corrected chi connectivity index (χ1v) is 8.86. The number of nitrogens with two attached hydrogens (primary N) is 1. The molecule has 0 spiro atoms. The molecule has 4 nitrogen and oxygen atoms in total. The van der Waals surface area contributed by atoms with Gasteiger partial charge in [-0.3, -0.25) is 0 Å².